The van der Waals surface area contributed by atoms with E-state index in [-0.39, 0.29) is 12.8 Å². The number of esters is 2. The summed E-state index contributed by atoms with van der Waals surface area (Å²) in [6.07, 6.45) is -5.01. The average Bonchev–Trinajstić information content (AvgIpc) is 3.41. The summed E-state index contributed by atoms with van der Waals surface area (Å²) in [7, 11) is -5.63. The molecule has 2 aliphatic heterocycles. The lowest BCUT2D eigenvalue weighted by atomic mass is 9.84. The molecule has 12 N–H and O–H groups in total. The van der Waals surface area contributed by atoms with Crippen LogP contribution in [0.15, 0.2) is 12.2 Å². The van der Waals surface area contributed by atoms with Gasteiger partial charge >= 0.3 is 19.8 Å². The molecule has 3 aliphatic rings. The Balaban J connectivity index is 1.72. The van der Waals surface area contributed by atoms with Gasteiger partial charge in [0, 0.05) is 12.8 Å². The van der Waals surface area contributed by atoms with Gasteiger partial charge in [-0.15, -0.1) is 0 Å². The van der Waals surface area contributed by atoms with Crippen LogP contribution in [0.4, 0.5) is 0 Å². The predicted octanol–water partition coefficient (Wildman–Crippen LogP) is 3.15. The van der Waals surface area contributed by atoms with Crippen molar-refractivity contribution in [3.05, 3.63) is 12.2 Å². The second-order valence-corrected chi connectivity index (χ2v) is 22.2. The Labute approximate surface area is 454 Å². The second-order valence-electron chi connectivity index (χ2n) is 20.8. The van der Waals surface area contributed by atoms with E-state index in [0.29, 0.717) is 12.8 Å². The minimum absolute atomic E-state index is 0.0291. The smallest absolute Gasteiger partial charge is 0.462 e. The molecule has 0 bridgehead atoms. The van der Waals surface area contributed by atoms with Gasteiger partial charge in [-0.1, -0.05) is 142 Å². The Morgan fingerprint density at radius 1 is 0.481 bits per heavy atom. The highest BCUT2D eigenvalue weighted by Crippen LogP contribution is 2.49. The van der Waals surface area contributed by atoms with Crippen LogP contribution in [0, 0.1) is 0 Å². The molecule has 2 saturated heterocycles. The standard InChI is InChI=1S/C53H97O23P/c1-3-5-7-9-11-13-15-16-17-18-20-21-23-25-27-29-38(56)69-33-35(71-39(57)30-28-26-24-22-19-14-12-10-8-6-4-2)34-70-77(67,68)76-51-49(74-52-47(65)42(60)40(58)36(31-54)72-52)45(63)44(62)46(64)50(51)75-53-48(66)43(61)41(59)37(32-55)73-53/h13,15,35-37,40-55,58-66H,3-12,14,16-34H2,1-2H3,(H,67,68)/b15-13-. The minimum Gasteiger partial charge on any atom is -0.462 e. The number of phosphoric ester groups is 1. The molecule has 24 heteroatoms. The highest BCUT2D eigenvalue weighted by molar-refractivity contribution is 7.47. The van der Waals surface area contributed by atoms with Crippen LogP contribution in [0.25, 0.3) is 0 Å². The maximum atomic E-state index is 14.0. The molecule has 0 aromatic rings. The van der Waals surface area contributed by atoms with Crippen LogP contribution in [-0.2, 0) is 51.6 Å². The van der Waals surface area contributed by atoms with Crippen molar-refractivity contribution in [3.63, 3.8) is 0 Å². The van der Waals surface area contributed by atoms with Gasteiger partial charge in [0.1, 0.15) is 92.1 Å². The molecule has 3 fully saturated rings. The van der Waals surface area contributed by atoms with Gasteiger partial charge < -0.3 is 89.5 Å². The number of ether oxygens (including phenoxy) is 6. The molecule has 0 aromatic heterocycles. The van der Waals surface area contributed by atoms with Crippen molar-refractivity contribution < 1.29 is 113 Å². The Kier molecular flexibility index (Phi) is 35.0. The summed E-state index contributed by atoms with van der Waals surface area (Å²) in [4.78, 5) is 37.4. The first-order valence-electron chi connectivity index (χ1n) is 28.5. The van der Waals surface area contributed by atoms with Gasteiger partial charge in [0.05, 0.1) is 19.8 Å². The van der Waals surface area contributed by atoms with E-state index in [4.69, 9.17) is 37.5 Å². The van der Waals surface area contributed by atoms with Crippen LogP contribution in [0.2, 0.25) is 0 Å². The van der Waals surface area contributed by atoms with Gasteiger partial charge in [0.25, 0.3) is 0 Å². The van der Waals surface area contributed by atoms with E-state index in [1.165, 1.54) is 57.8 Å². The fraction of sp³-hybridized carbons (Fsp3) is 0.925. The fourth-order valence-corrected chi connectivity index (χ4v) is 10.5. The van der Waals surface area contributed by atoms with E-state index < -0.39 is 150 Å². The van der Waals surface area contributed by atoms with Crippen LogP contribution >= 0.6 is 7.82 Å². The molecule has 452 valence electrons. The minimum atomic E-state index is -5.63. The molecule has 0 amide bonds. The lowest BCUT2D eigenvalue weighted by Crippen LogP contribution is -2.69. The topological polar surface area (TPSA) is 368 Å². The van der Waals surface area contributed by atoms with E-state index in [1.807, 2.05) is 0 Å². The number of carbonyl (C=O) groups excluding carboxylic acids is 2. The van der Waals surface area contributed by atoms with E-state index >= 15 is 0 Å². The Hall–Kier alpha value is -1.81. The van der Waals surface area contributed by atoms with Gasteiger partial charge in [0.2, 0.25) is 0 Å². The van der Waals surface area contributed by atoms with Crippen molar-refractivity contribution in [1.82, 2.24) is 0 Å². The second kappa shape index (κ2) is 38.8. The molecular weight excluding hydrogens is 1040 g/mol. The highest BCUT2D eigenvalue weighted by atomic mass is 31.2. The summed E-state index contributed by atoms with van der Waals surface area (Å²) in [6.45, 7) is 0.968. The number of rotatable bonds is 41. The summed E-state index contributed by atoms with van der Waals surface area (Å²) in [5.41, 5.74) is 0. The van der Waals surface area contributed by atoms with Crippen LogP contribution < -0.4 is 0 Å². The number of aliphatic hydroxyl groups is 11. The van der Waals surface area contributed by atoms with Gasteiger partial charge in [-0.3, -0.25) is 18.6 Å². The number of hydrogen-bond donors (Lipinski definition) is 12. The van der Waals surface area contributed by atoms with Crippen LogP contribution in [-0.4, -0.2) is 204 Å². The number of allylic oxidation sites excluding steroid dienone is 2. The summed E-state index contributed by atoms with van der Waals surface area (Å²) in [5, 5.41) is 116. The first-order valence-corrected chi connectivity index (χ1v) is 30.0. The molecule has 0 aromatic carbocycles. The SMILES string of the molecule is CCCCCC/C=C\CCCCCCCCCC(=O)OCC(COP(=O)(O)OC1C(OC2OC(CO)C(O)C(O)C2O)C(O)C(O)C(O)C1OC1OC(CO)C(O)C(O)C1O)OC(=O)CCCCCCCCCCCCC. The molecule has 16 unspecified atom stereocenters. The first-order chi connectivity index (χ1) is 36.9. The summed E-state index contributed by atoms with van der Waals surface area (Å²) in [5.74, 6) is -1.34. The number of carbonyl (C=O) groups is 2. The maximum absolute atomic E-state index is 14.0. The van der Waals surface area contributed by atoms with Gasteiger partial charge in [-0.05, 0) is 38.5 Å². The zero-order valence-corrected chi connectivity index (χ0v) is 46.4. The van der Waals surface area contributed by atoms with E-state index in [0.717, 1.165) is 83.5 Å². The van der Waals surface area contributed by atoms with Crippen LogP contribution in [0.5, 0.6) is 0 Å². The van der Waals surface area contributed by atoms with Crippen molar-refractivity contribution >= 4 is 19.8 Å². The molecule has 0 radical (unpaired) electrons. The maximum Gasteiger partial charge on any atom is 0.472 e. The van der Waals surface area contributed by atoms with Crippen molar-refractivity contribution in [2.75, 3.05) is 26.4 Å². The fourth-order valence-electron chi connectivity index (χ4n) is 9.53. The summed E-state index contributed by atoms with van der Waals surface area (Å²) < 4.78 is 58.0. The molecule has 16 atom stereocenters. The number of hydrogen-bond acceptors (Lipinski definition) is 22. The lowest BCUT2D eigenvalue weighted by molar-refractivity contribution is -0.360. The molecule has 2 heterocycles. The molecule has 77 heavy (non-hydrogen) atoms. The van der Waals surface area contributed by atoms with Gasteiger partial charge in [-0.25, -0.2) is 4.57 Å². The number of aliphatic hydroxyl groups excluding tert-OH is 11. The third kappa shape index (κ3) is 25.1. The van der Waals surface area contributed by atoms with E-state index in [9.17, 15) is 75.2 Å². The monoisotopic (exact) mass is 1130 g/mol. The summed E-state index contributed by atoms with van der Waals surface area (Å²) >= 11 is 0. The van der Waals surface area contributed by atoms with E-state index in [1.54, 1.807) is 0 Å². The number of phosphoric acid groups is 1. The molecule has 1 saturated carbocycles. The van der Waals surface area contributed by atoms with Crippen molar-refractivity contribution in [2.45, 2.75) is 285 Å². The summed E-state index contributed by atoms with van der Waals surface area (Å²) in [6, 6.07) is 0. The van der Waals surface area contributed by atoms with Crippen molar-refractivity contribution in [3.8, 4) is 0 Å². The third-order valence-electron chi connectivity index (χ3n) is 14.3. The largest absolute Gasteiger partial charge is 0.472 e. The third-order valence-corrected chi connectivity index (χ3v) is 15.3. The van der Waals surface area contributed by atoms with E-state index in [2.05, 4.69) is 26.0 Å². The van der Waals surface area contributed by atoms with Crippen LogP contribution in [0.1, 0.15) is 181 Å². The molecule has 3 rings (SSSR count). The Bertz CT molecular complexity index is 1590. The molecular formula is C53H97O23P. The van der Waals surface area contributed by atoms with Crippen molar-refractivity contribution in [1.29, 1.82) is 0 Å². The van der Waals surface area contributed by atoms with Gasteiger partial charge in [-0.2, -0.15) is 0 Å². The average molecular weight is 1130 g/mol. The zero-order chi connectivity index (χ0) is 56.8. The Morgan fingerprint density at radius 2 is 0.857 bits per heavy atom. The van der Waals surface area contributed by atoms with Crippen molar-refractivity contribution in [2.24, 2.45) is 0 Å². The first kappa shape index (κ1) is 69.5. The quantitative estimate of drug-likeness (QED) is 0.0181. The molecule has 23 nitrogen and oxygen atoms in total. The highest BCUT2D eigenvalue weighted by Gasteiger charge is 2.58. The van der Waals surface area contributed by atoms with Gasteiger partial charge in [0.15, 0.2) is 18.7 Å². The lowest BCUT2D eigenvalue weighted by Gasteiger charge is -2.49. The number of unbranched alkanes of at least 4 members (excludes halogenated alkanes) is 21. The normalized spacial score (nSPS) is 32.0. The van der Waals surface area contributed by atoms with Crippen LogP contribution in [0.3, 0.4) is 0 Å². The molecule has 1 aliphatic carbocycles. The zero-order valence-electron chi connectivity index (χ0n) is 45.5. The Morgan fingerprint density at radius 3 is 1.29 bits per heavy atom. The molecule has 0 spiro atoms. The predicted molar refractivity (Wildman–Crippen MR) is 277 cm³/mol.